The molecule has 0 saturated heterocycles. The van der Waals surface area contributed by atoms with Crippen LogP contribution in [0, 0.1) is 0 Å². The summed E-state index contributed by atoms with van der Waals surface area (Å²) in [7, 11) is 0. The van der Waals surface area contributed by atoms with E-state index in [9.17, 15) is 9.59 Å². The number of anilines is 1. The zero-order valence-electron chi connectivity index (χ0n) is 12.2. The summed E-state index contributed by atoms with van der Waals surface area (Å²) in [6.45, 7) is -0.348. The molecule has 3 rings (SSSR count). The molecule has 6 nitrogen and oxygen atoms in total. The second-order valence-corrected chi connectivity index (χ2v) is 5.76. The van der Waals surface area contributed by atoms with Crippen LogP contribution in [0.15, 0.2) is 30.3 Å². The van der Waals surface area contributed by atoms with Crippen LogP contribution in [-0.4, -0.2) is 25.2 Å². The third-order valence-electron chi connectivity index (χ3n) is 3.34. The molecule has 0 unspecified atom stereocenters. The number of ether oxygens (including phenoxy) is 3. The van der Waals surface area contributed by atoms with Crippen molar-refractivity contribution in [3.63, 3.8) is 0 Å². The van der Waals surface area contributed by atoms with Crippen molar-refractivity contribution in [2.24, 2.45) is 0 Å². The van der Waals surface area contributed by atoms with Crippen molar-refractivity contribution in [1.29, 1.82) is 0 Å². The van der Waals surface area contributed by atoms with Crippen molar-refractivity contribution < 1.29 is 23.8 Å². The molecule has 0 aromatic heterocycles. The minimum atomic E-state index is -0.786. The van der Waals surface area contributed by atoms with Gasteiger partial charge in [-0.1, -0.05) is 23.2 Å². The summed E-state index contributed by atoms with van der Waals surface area (Å²) in [6.07, 6.45) is 0. The molecule has 24 heavy (non-hydrogen) atoms. The first-order valence-corrected chi connectivity index (χ1v) is 7.56. The molecule has 2 aromatic carbocycles. The zero-order chi connectivity index (χ0) is 17.3. The Labute approximate surface area is 147 Å². The molecule has 0 saturated carbocycles. The Morgan fingerprint density at radius 2 is 1.88 bits per heavy atom. The van der Waals surface area contributed by atoms with E-state index in [-0.39, 0.29) is 28.1 Å². The molecule has 0 amide bonds. The molecule has 1 aliphatic heterocycles. The fourth-order valence-corrected chi connectivity index (χ4v) is 2.61. The first-order chi connectivity index (χ1) is 11.5. The summed E-state index contributed by atoms with van der Waals surface area (Å²) in [4.78, 5) is 24.2. The third-order valence-corrected chi connectivity index (χ3v) is 3.87. The Hall–Kier alpha value is -2.44. The maximum atomic E-state index is 12.1. The molecule has 1 heterocycles. The Balaban J connectivity index is 1.69. The number of nitrogens with two attached hydrogens (primary N) is 1. The summed E-state index contributed by atoms with van der Waals surface area (Å²) in [5.74, 6) is -0.151. The van der Waals surface area contributed by atoms with Gasteiger partial charge in [-0.15, -0.1) is 0 Å². The summed E-state index contributed by atoms with van der Waals surface area (Å²) < 4.78 is 15.4. The Morgan fingerprint density at radius 3 is 2.67 bits per heavy atom. The minimum Gasteiger partial charge on any atom is -0.454 e. The lowest BCUT2D eigenvalue weighted by Crippen LogP contribution is -2.15. The van der Waals surface area contributed by atoms with Crippen LogP contribution in [0.1, 0.15) is 20.7 Å². The summed E-state index contributed by atoms with van der Waals surface area (Å²) in [6, 6.07) is 7.45. The number of Topliss-reactive ketones (excluding diaryl/α,β-unsaturated/α-hetero) is 1. The van der Waals surface area contributed by atoms with E-state index in [0.717, 1.165) is 0 Å². The highest BCUT2D eigenvalue weighted by Crippen LogP contribution is 2.32. The maximum Gasteiger partial charge on any atom is 0.340 e. The molecule has 0 radical (unpaired) electrons. The number of benzene rings is 2. The van der Waals surface area contributed by atoms with Crippen LogP contribution in [0.4, 0.5) is 5.69 Å². The number of hydrogen-bond acceptors (Lipinski definition) is 6. The summed E-state index contributed by atoms with van der Waals surface area (Å²) in [5.41, 5.74) is 6.11. The molecule has 0 fully saturated rings. The molecular formula is C16H11Cl2NO5. The Bertz CT molecular complexity index is 837. The summed E-state index contributed by atoms with van der Waals surface area (Å²) >= 11 is 11.7. The highest BCUT2D eigenvalue weighted by atomic mass is 35.5. The van der Waals surface area contributed by atoms with E-state index in [4.69, 9.17) is 43.1 Å². The molecule has 0 spiro atoms. The number of halogens is 2. The molecule has 0 atom stereocenters. The molecular weight excluding hydrogens is 357 g/mol. The standard InChI is InChI=1S/C16H11Cl2NO5/c17-9-4-10(15(19)11(18)5-9)16(21)22-6-12(20)8-1-2-13-14(3-8)24-7-23-13/h1-5H,6-7,19H2. The number of carbonyl (C=O) groups excluding carboxylic acids is 2. The number of ketones is 1. The topological polar surface area (TPSA) is 87.9 Å². The Kier molecular flexibility index (Phi) is 4.51. The van der Waals surface area contributed by atoms with Gasteiger partial charge >= 0.3 is 5.97 Å². The highest BCUT2D eigenvalue weighted by molar-refractivity contribution is 6.37. The first-order valence-electron chi connectivity index (χ1n) is 6.80. The predicted octanol–water partition coefficient (Wildman–Crippen LogP) is 3.34. The van der Waals surface area contributed by atoms with Crippen molar-refractivity contribution in [2.75, 3.05) is 19.1 Å². The van der Waals surface area contributed by atoms with Gasteiger partial charge in [-0.25, -0.2) is 4.79 Å². The van der Waals surface area contributed by atoms with Crippen molar-refractivity contribution in [2.45, 2.75) is 0 Å². The second kappa shape index (κ2) is 6.59. The van der Waals surface area contributed by atoms with Gasteiger partial charge in [0.15, 0.2) is 23.9 Å². The SMILES string of the molecule is Nc1c(Cl)cc(Cl)cc1C(=O)OCC(=O)c1ccc2c(c1)OCO2. The van der Waals surface area contributed by atoms with E-state index in [1.54, 1.807) is 12.1 Å². The van der Waals surface area contributed by atoms with Crippen LogP contribution < -0.4 is 15.2 Å². The van der Waals surface area contributed by atoms with E-state index in [2.05, 4.69) is 0 Å². The average molecular weight is 368 g/mol. The fourth-order valence-electron chi connectivity index (χ4n) is 2.12. The maximum absolute atomic E-state index is 12.1. The summed E-state index contributed by atoms with van der Waals surface area (Å²) in [5, 5.41) is 0.375. The molecule has 0 aliphatic carbocycles. The van der Waals surface area contributed by atoms with Crippen LogP contribution in [0.25, 0.3) is 0 Å². The lowest BCUT2D eigenvalue weighted by atomic mass is 10.1. The van der Waals surface area contributed by atoms with Crippen LogP contribution in [0.3, 0.4) is 0 Å². The molecule has 2 N–H and O–H groups in total. The number of rotatable bonds is 4. The van der Waals surface area contributed by atoms with Crippen LogP contribution in [0.5, 0.6) is 11.5 Å². The first kappa shape index (κ1) is 16.4. The van der Waals surface area contributed by atoms with Gasteiger partial charge < -0.3 is 19.9 Å². The van der Waals surface area contributed by atoms with Gasteiger partial charge in [0, 0.05) is 10.6 Å². The number of carbonyl (C=O) groups is 2. The predicted molar refractivity (Wildman–Crippen MR) is 88.1 cm³/mol. The smallest absolute Gasteiger partial charge is 0.340 e. The lowest BCUT2D eigenvalue weighted by Gasteiger charge is -2.09. The van der Waals surface area contributed by atoms with E-state index in [1.807, 2.05) is 0 Å². The van der Waals surface area contributed by atoms with Gasteiger partial charge in [0.2, 0.25) is 6.79 Å². The van der Waals surface area contributed by atoms with E-state index >= 15 is 0 Å². The van der Waals surface area contributed by atoms with Crippen LogP contribution in [-0.2, 0) is 4.74 Å². The van der Waals surface area contributed by atoms with Gasteiger partial charge in [-0.2, -0.15) is 0 Å². The third kappa shape index (κ3) is 3.25. The van der Waals surface area contributed by atoms with Gasteiger partial charge in [-0.05, 0) is 30.3 Å². The van der Waals surface area contributed by atoms with Crippen molar-refractivity contribution in [3.8, 4) is 11.5 Å². The van der Waals surface area contributed by atoms with E-state index < -0.39 is 18.4 Å². The number of fused-ring (bicyclic) bond motifs is 1. The largest absolute Gasteiger partial charge is 0.454 e. The monoisotopic (exact) mass is 367 g/mol. The number of hydrogen-bond donors (Lipinski definition) is 1. The van der Waals surface area contributed by atoms with Gasteiger partial charge in [0.05, 0.1) is 16.3 Å². The second-order valence-electron chi connectivity index (χ2n) is 4.92. The van der Waals surface area contributed by atoms with E-state index in [0.29, 0.717) is 17.1 Å². The lowest BCUT2D eigenvalue weighted by molar-refractivity contribution is 0.0476. The Morgan fingerprint density at radius 1 is 1.12 bits per heavy atom. The molecule has 8 heteroatoms. The van der Waals surface area contributed by atoms with Crippen molar-refractivity contribution in [1.82, 2.24) is 0 Å². The average Bonchev–Trinajstić information content (AvgIpc) is 3.03. The van der Waals surface area contributed by atoms with Crippen LogP contribution in [0.2, 0.25) is 10.0 Å². The quantitative estimate of drug-likeness (QED) is 0.506. The van der Waals surface area contributed by atoms with Gasteiger partial charge in [0.25, 0.3) is 0 Å². The minimum absolute atomic E-state index is 0.00554. The van der Waals surface area contributed by atoms with Crippen LogP contribution >= 0.6 is 23.2 Å². The zero-order valence-corrected chi connectivity index (χ0v) is 13.7. The highest BCUT2D eigenvalue weighted by Gasteiger charge is 2.19. The van der Waals surface area contributed by atoms with Gasteiger partial charge in [0.1, 0.15) is 0 Å². The normalized spacial score (nSPS) is 12.1. The fraction of sp³-hybridized carbons (Fsp3) is 0.125. The number of esters is 1. The number of nitrogen functional groups attached to an aromatic ring is 1. The van der Waals surface area contributed by atoms with Gasteiger partial charge in [-0.3, -0.25) is 4.79 Å². The molecule has 0 bridgehead atoms. The molecule has 1 aliphatic rings. The van der Waals surface area contributed by atoms with Crippen molar-refractivity contribution in [3.05, 3.63) is 51.5 Å². The van der Waals surface area contributed by atoms with Crippen molar-refractivity contribution >= 4 is 40.6 Å². The molecule has 2 aromatic rings. The van der Waals surface area contributed by atoms with E-state index in [1.165, 1.54) is 18.2 Å². The molecule has 124 valence electrons.